The van der Waals surface area contributed by atoms with Crippen LogP contribution in [0.1, 0.15) is 37.8 Å². The zero-order valence-corrected chi connectivity index (χ0v) is 24.4. The van der Waals surface area contributed by atoms with Gasteiger partial charge < -0.3 is 0 Å². The van der Waals surface area contributed by atoms with Crippen LogP contribution in [0.2, 0.25) is 0 Å². The van der Waals surface area contributed by atoms with E-state index in [0.29, 0.717) is 5.92 Å². The standard InChI is InChI=1S/C42H36/c1-30-20-21-35(29-39(26-30)42(2,37-15-5-3-6-16-37)38-17-7-4-8-18-38)33-14-11-13-32(27-33)34-24-25-41-36(28-34)23-22-31-12-9-10-19-40(31)41/h3,5-7,9-30H,4,8H2,1-2H3. The highest BCUT2D eigenvalue weighted by Crippen LogP contribution is 2.44. The maximum atomic E-state index is 2.46. The zero-order valence-electron chi connectivity index (χ0n) is 24.4. The summed E-state index contributed by atoms with van der Waals surface area (Å²) in [4.78, 5) is 0. The molecule has 2 atom stereocenters. The maximum absolute atomic E-state index is 2.46. The zero-order chi connectivity index (χ0) is 28.5. The summed E-state index contributed by atoms with van der Waals surface area (Å²) in [6, 6.07) is 40.1. The molecule has 0 fully saturated rings. The van der Waals surface area contributed by atoms with Gasteiger partial charge in [-0.25, -0.2) is 0 Å². The summed E-state index contributed by atoms with van der Waals surface area (Å²) in [6.07, 6.45) is 18.9. The molecule has 0 saturated heterocycles. The number of rotatable bonds is 5. The minimum atomic E-state index is -0.234. The summed E-state index contributed by atoms with van der Waals surface area (Å²) in [5.41, 5.74) is 8.80. The van der Waals surface area contributed by atoms with Crippen molar-refractivity contribution < 1.29 is 0 Å². The van der Waals surface area contributed by atoms with Crippen LogP contribution < -0.4 is 0 Å². The number of benzene rings is 5. The van der Waals surface area contributed by atoms with Crippen LogP contribution in [0, 0.1) is 5.92 Å². The summed E-state index contributed by atoms with van der Waals surface area (Å²) >= 11 is 0. The van der Waals surface area contributed by atoms with E-state index in [-0.39, 0.29) is 5.41 Å². The van der Waals surface area contributed by atoms with E-state index < -0.39 is 0 Å². The number of hydrogen-bond acceptors (Lipinski definition) is 0. The average molecular weight is 541 g/mol. The molecule has 5 aromatic carbocycles. The van der Waals surface area contributed by atoms with Crippen LogP contribution in [0.4, 0.5) is 0 Å². The van der Waals surface area contributed by atoms with Crippen molar-refractivity contribution in [3.8, 4) is 11.1 Å². The molecule has 0 aliphatic heterocycles. The first kappa shape index (κ1) is 26.2. The van der Waals surface area contributed by atoms with Crippen molar-refractivity contribution in [3.63, 3.8) is 0 Å². The molecule has 7 rings (SSSR count). The highest BCUT2D eigenvalue weighted by atomic mass is 14.4. The van der Waals surface area contributed by atoms with E-state index in [0.717, 1.165) is 12.8 Å². The number of fused-ring (bicyclic) bond motifs is 3. The summed E-state index contributed by atoms with van der Waals surface area (Å²) in [5.74, 6) is 0.337. The number of hydrogen-bond donors (Lipinski definition) is 0. The van der Waals surface area contributed by atoms with E-state index in [9.17, 15) is 0 Å². The van der Waals surface area contributed by atoms with E-state index >= 15 is 0 Å². The minimum Gasteiger partial charge on any atom is -0.0839 e. The summed E-state index contributed by atoms with van der Waals surface area (Å²) in [6.45, 7) is 4.69. The smallest absolute Gasteiger partial charge is 0.0417 e. The second-order valence-corrected chi connectivity index (χ2v) is 11.9. The molecule has 204 valence electrons. The lowest BCUT2D eigenvalue weighted by molar-refractivity contribution is 0.671. The average Bonchev–Trinajstić information content (AvgIpc) is 3.26. The molecule has 2 aliphatic rings. The fourth-order valence-corrected chi connectivity index (χ4v) is 6.68. The molecule has 0 saturated carbocycles. The van der Waals surface area contributed by atoms with Crippen molar-refractivity contribution in [2.75, 3.05) is 0 Å². The molecule has 0 aromatic heterocycles. The number of allylic oxidation sites excluding steroid dienone is 10. The van der Waals surface area contributed by atoms with Crippen LogP contribution in [0.15, 0.2) is 163 Å². The predicted octanol–water partition coefficient (Wildman–Crippen LogP) is 11.4. The Bertz CT molecular complexity index is 1940. The Morgan fingerprint density at radius 2 is 1.38 bits per heavy atom. The summed E-state index contributed by atoms with van der Waals surface area (Å²) in [7, 11) is 0. The Kier molecular flexibility index (Phi) is 6.84. The van der Waals surface area contributed by atoms with Crippen molar-refractivity contribution in [1.29, 1.82) is 0 Å². The first-order valence-electron chi connectivity index (χ1n) is 15.2. The highest BCUT2D eigenvalue weighted by molar-refractivity contribution is 6.08. The molecule has 42 heavy (non-hydrogen) atoms. The molecule has 0 nitrogen and oxygen atoms in total. The van der Waals surface area contributed by atoms with Gasteiger partial charge >= 0.3 is 0 Å². The van der Waals surface area contributed by atoms with Crippen molar-refractivity contribution in [1.82, 2.24) is 0 Å². The van der Waals surface area contributed by atoms with E-state index in [1.54, 1.807) is 0 Å². The lowest BCUT2D eigenvalue weighted by Crippen LogP contribution is -2.27. The summed E-state index contributed by atoms with van der Waals surface area (Å²) in [5, 5.41) is 5.17. The molecule has 5 aromatic rings. The largest absolute Gasteiger partial charge is 0.0839 e. The van der Waals surface area contributed by atoms with Crippen LogP contribution >= 0.6 is 0 Å². The predicted molar refractivity (Wildman–Crippen MR) is 182 cm³/mol. The normalized spacial score (nSPS) is 18.2. The van der Waals surface area contributed by atoms with Gasteiger partial charge in [0, 0.05) is 5.41 Å². The molecule has 0 heteroatoms. The lowest BCUT2D eigenvalue weighted by Gasteiger charge is -2.35. The van der Waals surface area contributed by atoms with Gasteiger partial charge in [0.15, 0.2) is 0 Å². The van der Waals surface area contributed by atoms with Gasteiger partial charge in [-0.15, -0.1) is 0 Å². The van der Waals surface area contributed by atoms with Crippen LogP contribution in [0.3, 0.4) is 0 Å². The fourth-order valence-electron chi connectivity index (χ4n) is 6.68. The SMILES string of the molecule is CC1C=CC(c2cccc(-c3ccc4c(ccc5ccccc54)c3)c2)=CC(C(C)(C2=CCCC=C2)c2ccccc2)=C1. The van der Waals surface area contributed by atoms with E-state index in [1.165, 1.54) is 60.5 Å². The van der Waals surface area contributed by atoms with Crippen LogP contribution in [0.25, 0.3) is 38.2 Å². The molecule has 2 aliphatic carbocycles. The Morgan fingerprint density at radius 3 is 2.24 bits per heavy atom. The quantitative estimate of drug-likeness (QED) is 0.194. The molecule has 0 amide bonds. The van der Waals surface area contributed by atoms with Gasteiger partial charge in [0.1, 0.15) is 0 Å². The fraction of sp³-hybridized carbons (Fsp3) is 0.143. The first-order valence-corrected chi connectivity index (χ1v) is 15.2. The summed E-state index contributed by atoms with van der Waals surface area (Å²) < 4.78 is 0. The van der Waals surface area contributed by atoms with Crippen molar-refractivity contribution in [2.24, 2.45) is 5.92 Å². The lowest BCUT2D eigenvalue weighted by atomic mass is 9.68. The third-order valence-electron chi connectivity index (χ3n) is 9.11. The van der Waals surface area contributed by atoms with Crippen LogP contribution in [0.5, 0.6) is 0 Å². The molecule has 2 unspecified atom stereocenters. The third-order valence-corrected chi connectivity index (χ3v) is 9.11. The minimum absolute atomic E-state index is 0.234. The van der Waals surface area contributed by atoms with Crippen molar-refractivity contribution in [3.05, 3.63) is 174 Å². The monoisotopic (exact) mass is 540 g/mol. The first-order chi connectivity index (χ1) is 20.6. The highest BCUT2D eigenvalue weighted by Gasteiger charge is 2.34. The van der Waals surface area contributed by atoms with Crippen LogP contribution in [-0.2, 0) is 5.41 Å². The molecular formula is C42H36. The molecule has 0 radical (unpaired) electrons. The van der Waals surface area contributed by atoms with Gasteiger partial charge in [0.25, 0.3) is 0 Å². The Labute approximate surface area is 249 Å². The van der Waals surface area contributed by atoms with Gasteiger partial charge in [-0.2, -0.15) is 0 Å². The van der Waals surface area contributed by atoms with E-state index in [2.05, 4.69) is 166 Å². The molecule has 0 spiro atoms. The molecule has 0 heterocycles. The Hall–Kier alpha value is -4.68. The second-order valence-electron chi connectivity index (χ2n) is 11.9. The van der Waals surface area contributed by atoms with Gasteiger partial charge in [0.2, 0.25) is 0 Å². The van der Waals surface area contributed by atoms with Gasteiger partial charge in [-0.1, -0.05) is 147 Å². The Balaban J connectivity index is 1.31. The van der Waals surface area contributed by atoms with E-state index in [4.69, 9.17) is 0 Å². The van der Waals surface area contributed by atoms with E-state index in [1.807, 2.05) is 0 Å². The topological polar surface area (TPSA) is 0 Å². The second kappa shape index (κ2) is 11.0. The third kappa shape index (κ3) is 4.78. The molecular weight excluding hydrogens is 504 g/mol. The van der Waals surface area contributed by atoms with Crippen molar-refractivity contribution >= 4 is 27.1 Å². The van der Waals surface area contributed by atoms with Gasteiger partial charge in [-0.05, 0) is 98.3 Å². The van der Waals surface area contributed by atoms with Gasteiger partial charge in [-0.3, -0.25) is 0 Å². The maximum Gasteiger partial charge on any atom is 0.0417 e. The Morgan fingerprint density at radius 1 is 0.619 bits per heavy atom. The van der Waals surface area contributed by atoms with Crippen molar-refractivity contribution in [2.45, 2.75) is 32.1 Å². The molecule has 0 bridgehead atoms. The molecule has 0 N–H and O–H groups in total. The van der Waals surface area contributed by atoms with Crippen LogP contribution in [-0.4, -0.2) is 0 Å². The van der Waals surface area contributed by atoms with Gasteiger partial charge in [0.05, 0.1) is 0 Å².